The number of likely N-dealkylation sites (tertiary alicyclic amines) is 1. The number of aryl methyl sites for hydroxylation is 1. The first kappa shape index (κ1) is 15.1. The van der Waals surface area contributed by atoms with Crippen LogP contribution < -0.4 is 5.32 Å². The fraction of sp³-hybridized carbons (Fsp3) is 0.778. The average Bonchev–Trinajstić information content (AvgIpc) is 3.24. The van der Waals surface area contributed by atoms with E-state index >= 15 is 0 Å². The molecule has 1 N–H and O–H groups in total. The van der Waals surface area contributed by atoms with Crippen LogP contribution in [0.15, 0.2) is 10.5 Å². The van der Waals surface area contributed by atoms with Gasteiger partial charge >= 0.3 is 0 Å². The summed E-state index contributed by atoms with van der Waals surface area (Å²) in [5.74, 6) is 2.25. The molecule has 1 atom stereocenters. The summed E-state index contributed by atoms with van der Waals surface area (Å²) in [4.78, 5) is 2.64. The zero-order chi connectivity index (χ0) is 14.7. The molecule has 0 aromatic carbocycles. The first-order chi connectivity index (χ1) is 10.3. The molecule has 1 saturated heterocycles. The Balaban J connectivity index is 1.58. The van der Waals surface area contributed by atoms with Gasteiger partial charge in [-0.1, -0.05) is 19.8 Å². The number of nitrogens with one attached hydrogen (secondary N) is 1. The lowest BCUT2D eigenvalue weighted by Crippen LogP contribution is -2.38. The minimum Gasteiger partial charge on any atom is -0.465 e. The molecule has 3 heteroatoms. The van der Waals surface area contributed by atoms with Gasteiger partial charge in [-0.3, -0.25) is 4.90 Å². The lowest BCUT2D eigenvalue weighted by Gasteiger charge is -2.35. The van der Waals surface area contributed by atoms with Crippen molar-refractivity contribution in [3.63, 3.8) is 0 Å². The van der Waals surface area contributed by atoms with Crippen LogP contribution in [0.5, 0.6) is 0 Å². The van der Waals surface area contributed by atoms with Gasteiger partial charge in [-0.2, -0.15) is 0 Å². The van der Waals surface area contributed by atoms with Gasteiger partial charge in [-0.05, 0) is 51.6 Å². The first-order valence-electron chi connectivity index (χ1n) is 8.82. The molecule has 118 valence electrons. The molecular weight excluding hydrogens is 260 g/mol. The Hall–Kier alpha value is -0.800. The van der Waals surface area contributed by atoms with Crippen molar-refractivity contribution in [3.8, 4) is 0 Å². The maximum Gasteiger partial charge on any atom is 0.118 e. The normalized spacial score (nSPS) is 23.6. The molecule has 0 spiro atoms. The van der Waals surface area contributed by atoms with Gasteiger partial charge in [0.1, 0.15) is 11.5 Å². The van der Waals surface area contributed by atoms with Crippen molar-refractivity contribution in [2.24, 2.45) is 0 Å². The van der Waals surface area contributed by atoms with Gasteiger partial charge in [-0.15, -0.1) is 0 Å². The van der Waals surface area contributed by atoms with E-state index in [2.05, 4.69) is 30.1 Å². The summed E-state index contributed by atoms with van der Waals surface area (Å²) in [6.07, 6.45) is 9.41. The van der Waals surface area contributed by atoms with Gasteiger partial charge in [0.25, 0.3) is 0 Å². The molecule has 1 unspecified atom stereocenters. The molecule has 1 saturated carbocycles. The number of hydrogen-bond acceptors (Lipinski definition) is 3. The Kier molecular flexibility index (Phi) is 5.02. The van der Waals surface area contributed by atoms with E-state index in [9.17, 15) is 0 Å². The summed E-state index contributed by atoms with van der Waals surface area (Å²) in [7, 11) is 0. The average molecular weight is 290 g/mol. The van der Waals surface area contributed by atoms with E-state index in [0.717, 1.165) is 36.7 Å². The zero-order valence-electron chi connectivity index (χ0n) is 13.7. The van der Waals surface area contributed by atoms with E-state index in [1.54, 1.807) is 0 Å². The Morgan fingerprint density at radius 2 is 2.14 bits per heavy atom. The lowest BCUT2D eigenvalue weighted by atomic mass is 9.98. The summed E-state index contributed by atoms with van der Waals surface area (Å²) in [6.45, 7) is 7.60. The van der Waals surface area contributed by atoms with E-state index in [0.29, 0.717) is 0 Å². The Labute approximate surface area is 129 Å². The van der Waals surface area contributed by atoms with Gasteiger partial charge in [0.05, 0.1) is 6.54 Å². The largest absolute Gasteiger partial charge is 0.465 e. The predicted octanol–water partition coefficient (Wildman–Crippen LogP) is 3.99. The topological polar surface area (TPSA) is 28.4 Å². The Morgan fingerprint density at radius 1 is 1.29 bits per heavy atom. The Bertz CT molecular complexity index is 448. The highest BCUT2D eigenvalue weighted by Gasteiger charge is 2.24. The van der Waals surface area contributed by atoms with E-state index in [-0.39, 0.29) is 0 Å². The molecule has 0 radical (unpaired) electrons. The maximum atomic E-state index is 6.01. The molecule has 1 aromatic heterocycles. The monoisotopic (exact) mass is 290 g/mol. The van der Waals surface area contributed by atoms with Crippen LogP contribution in [0.2, 0.25) is 0 Å². The number of piperidine rings is 1. The van der Waals surface area contributed by atoms with E-state index in [4.69, 9.17) is 4.42 Å². The van der Waals surface area contributed by atoms with Crippen LogP contribution in [0.25, 0.3) is 0 Å². The molecule has 0 bridgehead atoms. The zero-order valence-corrected chi connectivity index (χ0v) is 13.7. The third-order valence-corrected chi connectivity index (χ3v) is 4.96. The number of nitrogens with zero attached hydrogens (tertiary/aromatic N) is 1. The van der Waals surface area contributed by atoms with Crippen molar-refractivity contribution >= 4 is 0 Å². The van der Waals surface area contributed by atoms with Gasteiger partial charge in [0, 0.05) is 24.2 Å². The third-order valence-electron chi connectivity index (χ3n) is 4.96. The summed E-state index contributed by atoms with van der Waals surface area (Å²) in [5, 5.41) is 3.59. The van der Waals surface area contributed by atoms with E-state index < -0.39 is 0 Å². The van der Waals surface area contributed by atoms with Crippen LogP contribution in [0.1, 0.15) is 69.0 Å². The minimum absolute atomic E-state index is 0.763. The van der Waals surface area contributed by atoms with Gasteiger partial charge < -0.3 is 9.73 Å². The number of rotatable bonds is 7. The summed E-state index contributed by atoms with van der Waals surface area (Å²) in [6, 6.07) is 3.81. The highest BCUT2D eigenvalue weighted by atomic mass is 16.3. The van der Waals surface area contributed by atoms with Crippen LogP contribution in [0.4, 0.5) is 0 Å². The quantitative estimate of drug-likeness (QED) is 0.823. The summed E-state index contributed by atoms with van der Waals surface area (Å²) >= 11 is 0. The third kappa shape index (κ3) is 4.10. The highest BCUT2D eigenvalue weighted by Crippen LogP contribution is 2.25. The smallest absolute Gasteiger partial charge is 0.118 e. The molecule has 2 heterocycles. The van der Waals surface area contributed by atoms with Crippen LogP contribution in [0, 0.1) is 6.92 Å². The minimum atomic E-state index is 0.763. The van der Waals surface area contributed by atoms with Crippen molar-refractivity contribution in [2.75, 3.05) is 6.54 Å². The van der Waals surface area contributed by atoms with Crippen LogP contribution in [-0.4, -0.2) is 23.5 Å². The van der Waals surface area contributed by atoms with Crippen LogP contribution >= 0.6 is 0 Å². The summed E-state index contributed by atoms with van der Waals surface area (Å²) in [5.41, 5.74) is 1.35. The molecule has 2 fully saturated rings. The standard InChI is InChI=1S/C18H30N2O/c1-3-6-17-7-4-5-10-20(17)13-18-11-15(14(2)21-18)12-19-16-8-9-16/h11,16-17,19H,3-10,12-13H2,1-2H3. The molecule has 1 aliphatic heterocycles. The van der Waals surface area contributed by atoms with Crippen molar-refractivity contribution < 1.29 is 4.42 Å². The predicted molar refractivity (Wildman–Crippen MR) is 86.3 cm³/mol. The molecule has 1 aromatic rings. The molecule has 3 nitrogen and oxygen atoms in total. The maximum absolute atomic E-state index is 6.01. The molecule has 2 aliphatic rings. The summed E-state index contributed by atoms with van der Waals surface area (Å²) < 4.78 is 6.01. The van der Waals surface area contributed by atoms with Gasteiger partial charge in [0.2, 0.25) is 0 Å². The second kappa shape index (κ2) is 6.97. The number of hydrogen-bond donors (Lipinski definition) is 1. The SMILES string of the molecule is CCCC1CCCCN1Cc1cc(CNC2CC2)c(C)o1. The molecule has 1 aliphatic carbocycles. The van der Waals surface area contributed by atoms with Crippen molar-refractivity contribution in [3.05, 3.63) is 23.2 Å². The molecule has 21 heavy (non-hydrogen) atoms. The highest BCUT2D eigenvalue weighted by molar-refractivity contribution is 5.21. The Morgan fingerprint density at radius 3 is 2.90 bits per heavy atom. The second-order valence-corrected chi connectivity index (χ2v) is 6.86. The molecule has 3 rings (SSSR count). The van der Waals surface area contributed by atoms with E-state index in [1.807, 2.05) is 0 Å². The lowest BCUT2D eigenvalue weighted by molar-refractivity contribution is 0.122. The fourth-order valence-corrected chi connectivity index (χ4v) is 3.51. The van der Waals surface area contributed by atoms with Crippen molar-refractivity contribution in [1.29, 1.82) is 0 Å². The van der Waals surface area contributed by atoms with Crippen LogP contribution in [-0.2, 0) is 13.1 Å². The molecular formula is C18H30N2O. The van der Waals surface area contributed by atoms with Crippen LogP contribution in [0.3, 0.4) is 0 Å². The van der Waals surface area contributed by atoms with Crippen molar-refractivity contribution in [2.45, 2.75) is 84.0 Å². The van der Waals surface area contributed by atoms with Gasteiger partial charge in [0.15, 0.2) is 0 Å². The second-order valence-electron chi connectivity index (χ2n) is 6.86. The molecule has 0 amide bonds. The number of furan rings is 1. The van der Waals surface area contributed by atoms with Crippen molar-refractivity contribution in [1.82, 2.24) is 10.2 Å². The first-order valence-corrected chi connectivity index (χ1v) is 8.82. The van der Waals surface area contributed by atoms with E-state index in [1.165, 1.54) is 57.1 Å². The van der Waals surface area contributed by atoms with Gasteiger partial charge in [-0.25, -0.2) is 0 Å². The fourth-order valence-electron chi connectivity index (χ4n) is 3.51.